The van der Waals surface area contributed by atoms with Gasteiger partial charge in [0, 0.05) is 22.9 Å². The average Bonchev–Trinajstić information content (AvgIpc) is 2.84. The molecule has 1 unspecified atom stereocenters. The van der Waals surface area contributed by atoms with E-state index in [0.717, 1.165) is 0 Å². The minimum absolute atomic E-state index is 0.0975. The number of esters is 1. The van der Waals surface area contributed by atoms with Crippen LogP contribution in [0.25, 0.3) is 0 Å². The SMILES string of the molecule is CC(OC(=O)c1ccccc1C(=O)c1ccccc1)C(=O)Nc1ccc2c(c1)OCCO2. The molecule has 0 bridgehead atoms. The van der Waals surface area contributed by atoms with Crippen molar-refractivity contribution in [1.29, 1.82) is 0 Å². The van der Waals surface area contributed by atoms with Crippen LogP contribution in [0.3, 0.4) is 0 Å². The molecule has 0 aromatic heterocycles. The van der Waals surface area contributed by atoms with E-state index in [1.165, 1.54) is 13.0 Å². The topological polar surface area (TPSA) is 90.9 Å². The fourth-order valence-corrected chi connectivity index (χ4v) is 3.25. The Morgan fingerprint density at radius 2 is 1.50 bits per heavy atom. The summed E-state index contributed by atoms with van der Waals surface area (Å²) in [6.07, 6.45) is -1.09. The van der Waals surface area contributed by atoms with Gasteiger partial charge in [-0.15, -0.1) is 0 Å². The first-order valence-corrected chi connectivity index (χ1v) is 10.1. The van der Waals surface area contributed by atoms with E-state index in [-0.39, 0.29) is 16.9 Å². The lowest BCUT2D eigenvalue weighted by Gasteiger charge is -2.19. The Bertz CT molecular complexity index is 1160. The van der Waals surface area contributed by atoms with E-state index in [9.17, 15) is 14.4 Å². The molecule has 162 valence electrons. The highest BCUT2D eigenvalue weighted by Gasteiger charge is 2.24. The summed E-state index contributed by atoms with van der Waals surface area (Å²) >= 11 is 0. The maximum atomic E-state index is 12.8. The second-order valence-corrected chi connectivity index (χ2v) is 7.14. The zero-order chi connectivity index (χ0) is 22.5. The Morgan fingerprint density at radius 3 is 2.25 bits per heavy atom. The first-order valence-electron chi connectivity index (χ1n) is 10.1. The van der Waals surface area contributed by atoms with E-state index in [0.29, 0.717) is 36.0 Å². The molecule has 0 saturated heterocycles. The van der Waals surface area contributed by atoms with Crippen molar-refractivity contribution in [2.24, 2.45) is 0 Å². The van der Waals surface area contributed by atoms with Crippen LogP contribution >= 0.6 is 0 Å². The molecule has 4 rings (SSSR count). The number of benzene rings is 3. The third kappa shape index (κ3) is 4.62. The van der Waals surface area contributed by atoms with Crippen molar-refractivity contribution >= 4 is 23.3 Å². The number of ketones is 1. The highest BCUT2D eigenvalue weighted by molar-refractivity contribution is 6.14. The van der Waals surface area contributed by atoms with Crippen LogP contribution in [0.1, 0.15) is 33.2 Å². The molecule has 0 fully saturated rings. The van der Waals surface area contributed by atoms with Crippen LogP contribution in [0.5, 0.6) is 11.5 Å². The summed E-state index contributed by atoms with van der Waals surface area (Å²) in [4.78, 5) is 38.2. The third-order valence-corrected chi connectivity index (χ3v) is 4.89. The third-order valence-electron chi connectivity index (χ3n) is 4.89. The summed E-state index contributed by atoms with van der Waals surface area (Å²) in [6.45, 7) is 2.37. The number of carbonyl (C=O) groups excluding carboxylic acids is 3. The van der Waals surface area contributed by atoms with Crippen molar-refractivity contribution in [3.63, 3.8) is 0 Å². The molecule has 3 aromatic carbocycles. The van der Waals surface area contributed by atoms with E-state index in [2.05, 4.69) is 5.32 Å². The van der Waals surface area contributed by atoms with Crippen molar-refractivity contribution in [2.45, 2.75) is 13.0 Å². The lowest BCUT2D eigenvalue weighted by molar-refractivity contribution is -0.123. The van der Waals surface area contributed by atoms with Gasteiger partial charge in [-0.2, -0.15) is 0 Å². The first kappa shape index (κ1) is 21.1. The normalized spacial score (nSPS) is 13.0. The van der Waals surface area contributed by atoms with Gasteiger partial charge in [0.1, 0.15) is 13.2 Å². The summed E-state index contributed by atoms with van der Waals surface area (Å²) in [6, 6.07) is 20.0. The summed E-state index contributed by atoms with van der Waals surface area (Å²) in [5, 5.41) is 2.69. The minimum Gasteiger partial charge on any atom is -0.486 e. The molecule has 1 N–H and O–H groups in total. The quantitative estimate of drug-likeness (QED) is 0.471. The van der Waals surface area contributed by atoms with Gasteiger partial charge in [-0.25, -0.2) is 4.79 Å². The molecule has 0 saturated carbocycles. The highest BCUT2D eigenvalue weighted by Crippen LogP contribution is 2.32. The summed E-state index contributed by atoms with van der Waals surface area (Å²) < 4.78 is 16.3. The molecule has 1 atom stereocenters. The molecular formula is C25H21NO6. The number of carbonyl (C=O) groups is 3. The smallest absolute Gasteiger partial charge is 0.339 e. The number of amides is 1. The van der Waals surface area contributed by atoms with Crippen LogP contribution in [0.4, 0.5) is 5.69 Å². The van der Waals surface area contributed by atoms with Gasteiger partial charge >= 0.3 is 5.97 Å². The number of hydrogen-bond acceptors (Lipinski definition) is 6. The van der Waals surface area contributed by atoms with E-state index < -0.39 is 18.0 Å². The molecule has 0 aliphatic carbocycles. The molecule has 0 radical (unpaired) electrons. The number of rotatable bonds is 6. The van der Waals surface area contributed by atoms with Gasteiger partial charge < -0.3 is 19.5 Å². The van der Waals surface area contributed by atoms with Crippen LogP contribution in [0.15, 0.2) is 72.8 Å². The number of ether oxygens (including phenoxy) is 3. The van der Waals surface area contributed by atoms with Gasteiger partial charge in [-0.05, 0) is 25.1 Å². The van der Waals surface area contributed by atoms with Gasteiger partial charge in [-0.3, -0.25) is 9.59 Å². The van der Waals surface area contributed by atoms with E-state index in [1.54, 1.807) is 66.7 Å². The summed E-state index contributed by atoms with van der Waals surface area (Å²) in [7, 11) is 0. The van der Waals surface area contributed by atoms with Gasteiger partial charge in [0.05, 0.1) is 5.56 Å². The van der Waals surface area contributed by atoms with E-state index >= 15 is 0 Å². The van der Waals surface area contributed by atoms with E-state index in [1.807, 2.05) is 0 Å². The van der Waals surface area contributed by atoms with Crippen molar-refractivity contribution in [1.82, 2.24) is 0 Å². The maximum absolute atomic E-state index is 12.8. The van der Waals surface area contributed by atoms with Crippen LogP contribution in [-0.2, 0) is 9.53 Å². The zero-order valence-electron chi connectivity index (χ0n) is 17.4. The number of nitrogens with one attached hydrogen (secondary N) is 1. The average molecular weight is 431 g/mol. The Hall–Kier alpha value is -4.13. The van der Waals surface area contributed by atoms with Crippen LogP contribution < -0.4 is 14.8 Å². The Labute approximate surface area is 184 Å². The predicted octanol–water partition coefficient (Wildman–Crippen LogP) is 3.87. The Kier molecular flexibility index (Phi) is 6.17. The maximum Gasteiger partial charge on any atom is 0.339 e. The fraction of sp³-hybridized carbons (Fsp3) is 0.160. The van der Waals surface area contributed by atoms with Crippen molar-refractivity contribution < 1.29 is 28.6 Å². The molecule has 1 aliphatic rings. The molecule has 3 aromatic rings. The number of hydrogen-bond donors (Lipinski definition) is 1. The Balaban J connectivity index is 1.45. The second-order valence-electron chi connectivity index (χ2n) is 7.14. The van der Waals surface area contributed by atoms with Gasteiger partial charge in [0.25, 0.3) is 5.91 Å². The van der Waals surface area contributed by atoms with Crippen molar-refractivity contribution in [3.05, 3.63) is 89.5 Å². The molecule has 32 heavy (non-hydrogen) atoms. The molecule has 1 heterocycles. The van der Waals surface area contributed by atoms with Crippen LogP contribution in [-0.4, -0.2) is 37.0 Å². The van der Waals surface area contributed by atoms with Crippen LogP contribution in [0, 0.1) is 0 Å². The van der Waals surface area contributed by atoms with Crippen molar-refractivity contribution in [3.8, 4) is 11.5 Å². The van der Waals surface area contributed by atoms with Gasteiger partial charge in [0.15, 0.2) is 23.4 Å². The Morgan fingerprint density at radius 1 is 0.844 bits per heavy atom. The van der Waals surface area contributed by atoms with Gasteiger partial charge in [-0.1, -0.05) is 48.5 Å². The van der Waals surface area contributed by atoms with Crippen LogP contribution in [0.2, 0.25) is 0 Å². The molecule has 1 amide bonds. The highest BCUT2D eigenvalue weighted by atomic mass is 16.6. The molecule has 1 aliphatic heterocycles. The molecular weight excluding hydrogens is 410 g/mol. The number of fused-ring (bicyclic) bond motifs is 1. The number of anilines is 1. The standard InChI is InChI=1S/C25H21NO6/c1-16(24(28)26-18-11-12-21-22(15-18)31-14-13-30-21)32-25(29)20-10-6-5-9-19(20)23(27)17-7-3-2-4-8-17/h2-12,15-16H,13-14H2,1H3,(H,26,28). The second kappa shape index (κ2) is 9.34. The molecule has 7 nitrogen and oxygen atoms in total. The largest absolute Gasteiger partial charge is 0.486 e. The zero-order valence-corrected chi connectivity index (χ0v) is 17.4. The fourth-order valence-electron chi connectivity index (χ4n) is 3.25. The first-order chi connectivity index (χ1) is 15.5. The molecule has 0 spiro atoms. The minimum atomic E-state index is -1.09. The predicted molar refractivity (Wildman–Crippen MR) is 117 cm³/mol. The summed E-state index contributed by atoms with van der Waals surface area (Å²) in [5.74, 6) is -0.427. The van der Waals surface area contributed by atoms with E-state index in [4.69, 9.17) is 14.2 Å². The van der Waals surface area contributed by atoms with Crippen molar-refractivity contribution in [2.75, 3.05) is 18.5 Å². The summed E-state index contributed by atoms with van der Waals surface area (Å²) in [5.41, 5.74) is 1.25. The monoisotopic (exact) mass is 431 g/mol. The molecule has 7 heteroatoms. The lowest BCUT2D eigenvalue weighted by Crippen LogP contribution is -2.30. The van der Waals surface area contributed by atoms with Gasteiger partial charge in [0.2, 0.25) is 0 Å². The lowest BCUT2D eigenvalue weighted by atomic mass is 9.98.